The van der Waals surface area contributed by atoms with Crippen molar-refractivity contribution < 1.29 is 0 Å². The van der Waals surface area contributed by atoms with Crippen LogP contribution in [0.2, 0.25) is 0 Å². The predicted octanol–water partition coefficient (Wildman–Crippen LogP) is 2.76. The molecular formula is C15H28N2S. The average Bonchev–Trinajstić information content (AvgIpc) is 2.45. The smallest absolute Gasteiger partial charge is 0.0223 e. The summed E-state index contributed by atoms with van der Waals surface area (Å²) in [6.07, 6.45) is 9.29. The lowest BCUT2D eigenvalue weighted by atomic mass is 9.83. The van der Waals surface area contributed by atoms with Gasteiger partial charge in [0.1, 0.15) is 0 Å². The number of thioether (sulfide) groups is 1. The van der Waals surface area contributed by atoms with Crippen molar-refractivity contribution in [1.29, 1.82) is 0 Å². The van der Waals surface area contributed by atoms with Gasteiger partial charge < -0.3 is 5.32 Å². The molecule has 1 saturated carbocycles. The van der Waals surface area contributed by atoms with Gasteiger partial charge in [0, 0.05) is 43.7 Å². The van der Waals surface area contributed by atoms with Gasteiger partial charge in [-0.25, -0.2) is 0 Å². The summed E-state index contributed by atoms with van der Waals surface area (Å²) < 4.78 is 0. The molecule has 2 fully saturated rings. The molecule has 104 valence electrons. The van der Waals surface area contributed by atoms with Gasteiger partial charge in [0.05, 0.1) is 0 Å². The minimum absolute atomic E-state index is 0.767. The van der Waals surface area contributed by atoms with Crippen LogP contribution in [0, 0.1) is 5.92 Å². The van der Waals surface area contributed by atoms with Crippen LogP contribution in [0.25, 0.3) is 0 Å². The maximum Gasteiger partial charge on any atom is 0.0223 e. The summed E-state index contributed by atoms with van der Waals surface area (Å²) in [6, 6.07) is 0.767. The van der Waals surface area contributed by atoms with Crippen molar-refractivity contribution in [3.8, 4) is 0 Å². The summed E-state index contributed by atoms with van der Waals surface area (Å²) in [5, 5.41) is 3.76. The first kappa shape index (κ1) is 14.4. The van der Waals surface area contributed by atoms with Crippen LogP contribution < -0.4 is 5.32 Å². The minimum atomic E-state index is 0.767. The van der Waals surface area contributed by atoms with Crippen molar-refractivity contribution in [1.82, 2.24) is 10.2 Å². The van der Waals surface area contributed by atoms with E-state index in [4.69, 9.17) is 0 Å². The van der Waals surface area contributed by atoms with E-state index in [0.717, 1.165) is 17.7 Å². The van der Waals surface area contributed by atoms with Gasteiger partial charge in [0.2, 0.25) is 0 Å². The van der Waals surface area contributed by atoms with Gasteiger partial charge in [-0.15, -0.1) is 6.58 Å². The van der Waals surface area contributed by atoms with Crippen LogP contribution in [-0.4, -0.2) is 48.6 Å². The van der Waals surface area contributed by atoms with Gasteiger partial charge in [0.25, 0.3) is 0 Å². The van der Waals surface area contributed by atoms with Crippen LogP contribution in [0.5, 0.6) is 0 Å². The number of rotatable bonds is 6. The SMILES string of the molecule is C=CCSCCN1CCNC(C2CCCCC2)C1. The van der Waals surface area contributed by atoms with Crippen LogP contribution in [0.3, 0.4) is 0 Å². The summed E-state index contributed by atoms with van der Waals surface area (Å²) in [6.45, 7) is 8.73. The Morgan fingerprint density at radius 2 is 2.11 bits per heavy atom. The molecule has 18 heavy (non-hydrogen) atoms. The second kappa shape index (κ2) is 8.23. The third kappa shape index (κ3) is 4.60. The van der Waals surface area contributed by atoms with E-state index in [1.807, 2.05) is 17.8 Å². The Hall–Kier alpha value is 0.01000. The molecule has 1 aliphatic heterocycles. The molecule has 0 bridgehead atoms. The van der Waals surface area contributed by atoms with E-state index in [2.05, 4.69) is 16.8 Å². The van der Waals surface area contributed by atoms with Gasteiger partial charge >= 0.3 is 0 Å². The van der Waals surface area contributed by atoms with Gasteiger partial charge in [-0.1, -0.05) is 25.3 Å². The van der Waals surface area contributed by atoms with E-state index in [0.29, 0.717) is 0 Å². The molecule has 0 radical (unpaired) electrons. The number of hydrogen-bond donors (Lipinski definition) is 1. The molecule has 1 aliphatic carbocycles. The first-order valence-corrected chi connectivity index (χ1v) is 8.70. The second-order valence-electron chi connectivity index (χ2n) is 5.62. The van der Waals surface area contributed by atoms with Crippen LogP contribution in [-0.2, 0) is 0 Å². The standard InChI is InChI=1S/C15H28N2S/c1-2-11-18-12-10-17-9-8-16-15(13-17)14-6-4-3-5-7-14/h2,14-16H,1,3-13H2. The lowest BCUT2D eigenvalue weighted by molar-refractivity contribution is 0.152. The molecule has 0 aromatic carbocycles. The molecule has 1 N–H and O–H groups in total. The fourth-order valence-corrected chi connectivity index (χ4v) is 3.98. The number of nitrogens with one attached hydrogen (secondary N) is 1. The first-order valence-electron chi connectivity index (χ1n) is 7.54. The molecule has 1 heterocycles. The van der Waals surface area contributed by atoms with Crippen molar-refractivity contribution in [2.45, 2.75) is 38.1 Å². The zero-order chi connectivity index (χ0) is 12.6. The van der Waals surface area contributed by atoms with E-state index in [1.165, 1.54) is 64.0 Å². The maximum absolute atomic E-state index is 3.77. The van der Waals surface area contributed by atoms with E-state index in [9.17, 15) is 0 Å². The summed E-state index contributed by atoms with van der Waals surface area (Å²) in [5.74, 6) is 3.30. The quantitative estimate of drug-likeness (QED) is 0.589. The monoisotopic (exact) mass is 268 g/mol. The van der Waals surface area contributed by atoms with E-state index >= 15 is 0 Å². The highest BCUT2D eigenvalue weighted by molar-refractivity contribution is 7.99. The third-order valence-electron chi connectivity index (χ3n) is 4.30. The molecule has 1 saturated heterocycles. The molecule has 2 aliphatic rings. The maximum atomic E-state index is 3.77. The highest BCUT2D eigenvalue weighted by atomic mass is 32.2. The Morgan fingerprint density at radius 1 is 1.28 bits per heavy atom. The zero-order valence-corrected chi connectivity index (χ0v) is 12.4. The van der Waals surface area contributed by atoms with E-state index < -0.39 is 0 Å². The van der Waals surface area contributed by atoms with Crippen molar-refractivity contribution in [3.05, 3.63) is 12.7 Å². The molecular weight excluding hydrogens is 240 g/mol. The Labute approximate surface area is 117 Å². The third-order valence-corrected chi connectivity index (χ3v) is 5.24. The minimum Gasteiger partial charge on any atom is -0.311 e. The van der Waals surface area contributed by atoms with E-state index in [-0.39, 0.29) is 0 Å². The highest BCUT2D eigenvalue weighted by Crippen LogP contribution is 2.27. The topological polar surface area (TPSA) is 15.3 Å². The Balaban J connectivity index is 1.68. The molecule has 0 amide bonds. The van der Waals surface area contributed by atoms with Crippen LogP contribution in [0.1, 0.15) is 32.1 Å². The van der Waals surface area contributed by atoms with Gasteiger partial charge in [-0.05, 0) is 18.8 Å². The Kier molecular flexibility index (Phi) is 6.60. The summed E-state index contributed by atoms with van der Waals surface area (Å²) in [5.41, 5.74) is 0. The molecule has 2 nitrogen and oxygen atoms in total. The number of piperazine rings is 1. The van der Waals surface area contributed by atoms with Crippen molar-refractivity contribution in [3.63, 3.8) is 0 Å². The fraction of sp³-hybridized carbons (Fsp3) is 0.867. The summed E-state index contributed by atoms with van der Waals surface area (Å²) in [4.78, 5) is 2.66. The highest BCUT2D eigenvalue weighted by Gasteiger charge is 2.27. The summed E-state index contributed by atoms with van der Waals surface area (Å²) in [7, 11) is 0. The molecule has 0 aromatic rings. The van der Waals surface area contributed by atoms with Crippen LogP contribution in [0.15, 0.2) is 12.7 Å². The lowest BCUT2D eigenvalue weighted by Gasteiger charge is -2.39. The molecule has 1 atom stereocenters. The Bertz CT molecular complexity index is 239. The molecule has 0 aromatic heterocycles. The number of hydrogen-bond acceptors (Lipinski definition) is 3. The predicted molar refractivity (Wildman–Crippen MR) is 82.3 cm³/mol. The molecule has 1 unspecified atom stereocenters. The first-order chi connectivity index (χ1) is 8.90. The van der Waals surface area contributed by atoms with E-state index in [1.54, 1.807) is 0 Å². The van der Waals surface area contributed by atoms with Crippen LogP contribution in [0.4, 0.5) is 0 Å². The largest absolute Gasteiger partial charge is 0.311 e. The Morgan fingerprint density at radius 3 is 2.89 bits per heavy atom. The van der Waals surface area contributed by atoms with Crippen molar-refractivity contribution in [2.75, 3.05) is 37.7 Å². The van der Waals surface area contributed by atoms with Crippen LogP contribution >= 0.6 is 11.8 Å². The average molecular weight is 268 g/mol. The van der Waals surface area contributed by atoms with Crippen molar-refractivity contribution in [2.24, 2.45) is 5.92 Å². The molecule has 3 heteroatoms. The summed E-state index contributed by atoms with van der Waals surface area (Å²) >= 11 is 2.00. The zero-order valence-electron chi connectivity index (χ0n) is 11.6. The normalized spacial score (nSPS) is 27.2. The van der Waals surface area contributed by atoms with Crippen molar-refractivity contribution >= 4 is 11.8 Å². The van der Waals surface area contributed by atoms with Gasteiger partial charge in [-0.2, -0.15) is 11.8 Å². The fourth-order valence-electron chi connectivity index (χ4n) is 3.26. The molecule has 2 rings (SSSR count). The second-order valence-corrected chi connectivity index (χ2v) is 6.77. The number of nitrogens with zero attached hydrogens (tertiary/aromatic N) is 1. The lowest BCUT2D eigenvalue weighted by Crippen LogP contribution is -2.54. The van der Waals surface area contributed by atoms with Gasteiger partial charge in [0.15, 0.2) is 0 Å². The molecule has 0 spiro atoms. The van der Waals surface area contributed by atoms with Gasteiger partial charge in [-0.3, -0.25) is 4.90 Å².